The molecule has 5 rings (SSSR count). The molecule has 0 saturated heterocycles. The molecule has 2 aromatic heterocycles. The van der Waals surface area contributed by atoms with Crippen molar-refractivity contribution in [2.24, 2.45) is 0 Å². The van der Waals surface area contributed by atoms with Crippen molar-refractivity contribution in [1.29, 1.82) is 0 Å². The van der Waals surface area contributed by atoms with E-state index in [1.54, 1.807) is 0 Å². The summed E-state index contributed by atoms with van der Waals surface area (Å²) in [4.78, 5) is 4.73. The zero-order valence-corrected chi connectivity index (χ0v) is 21.4. The van der Waals surface area contributed by atoms with Crippen LogP contribution in [0.5, 0.6) is 0 Å². The van der Waals surface area contributed by atoms with E-state index < -0.39 is 0 Å². The molecule has 0 saturated carbocycles. The molecule has 4 heteroatoms. The summed E-state index contributed by atoms with van der Waals surface area (Å²) in [6.45, 7) is 9.16. The monoisotopic (exact) mass is 602 g/mol. The number of thiophene rings is 1. The Balaban J connectivity index is 0.00000231. The maximum absolute atomic E-state index is 4.73. The van der Waals surface area contributed by atoms with E-state index in [0.717, 1.165) is 11.4 Å². The number of nitrogens with zero attached hydrogens (tertiary/aromatic N) is 2. The van der Waals surface area contributed by atoms with Gasteiger partial charge in [0, 0.05) is 52.7 Å². The van der Waals surface area contributed by atoms with Gasteiger partial charge in [0.2, 0.25) is 0 Å². The van der Waals surface area contributed by atoms with Crippen LogP contribution in [0.3, 0.4) is 0 Å². The van der Waals surface area contributed by atoms with Crippen LogP contribution in [0.1, 0.15) is 50.7 Å². The molecule has 0 aliphatic rings. The molecular formula is C27H25IrN2S-. The van der Waals surface area contributed by atoms with Crippen molar-refractivity contribution < 1.29 is 20.1 Å². The Bertz CT molecular complexity index is 1350. The molecule has 5 aromatic rings. The molecular weight excluding hydrogens is 577 g/mol. The summed E-state index contributed by atoms with van der Waals surface area (Å²) in [5.74, 6) is 1.80. The first kappa shape index (κ1) is 22.0. The Hall–Kier alpha value is -2.26. The van der Waals surface area contributed by atoms with E-state index >= 15 is 0 Å². The first-order chi connectivity index (χ1) is 14.6. The Morgan fingerprint density at radius 2 is 1.68 bits per heavy atom. The van der Waals surface area contributed by atoms with Crippen molar-refractivity contribution in [3.63, 3.8) is 0 Å². The van der Waals surface area contributed by atoms with Gasteiger partial charge in [-0.25, -0.2) is 0 Å². The first-order valence-electron chi connectivity index (χ1n) is 10.5. The SMILES string of the molecule is CC(C)c1cc(C(C)C)c2sc3ccccc3c2c1-n1ccnc1-c1[c-]cccc1.[Ir]. The number of rotatable bonds is 4. The third-order valence-corrected chi connectivity index (χ3v) is 6.97. The van der Waals surface area contributed by atoms with Crippen molar-refractivity contribution >= 4 is 31.5 Å². The van der Waals surface area contributed by atoms with E-state index in [9.17, 15) is 0 Å². The molecule has 2 nitrogen and oxygen atoms in total. The van der Waals surface area contributed by atoms with Gasteiger partial charge in [0.1, 0.15) is 0 Å². The van der Waals surface area contributed by atoms with E-state index in [1.807, 2.05) is 35.7 Å². The average Bonchev–Trinajstić information content (AvgIpc) is 3.38. The van der Waals surface area contributed by atoms with E-state index in [1.165, 1.54) is 37.0 Å². The Morgan fingerprint density at radius 1 is 0.935 bits per heavy atom. The second kappa shape index (κ2) is 8.70. The van der Waals surface area contributed by atoms with Gasteiger partial charge in [0.05, 0.1) is 11.5 Å². The zero-order chi connectivity index (χ0) is 20.8. The normalized spacial score (nSPS) is 11.5. The fourth-order valence-electron chi connectivity index (χ4n) is 4.27. The summed E-state index contributed by atoms with van der Waals surface area (Å²) >= 11 is 1.91. The smallest absolute Gasteiger partial charge is 0.0602 e. The minimum Gasteiger partial charge on any atom is -0.339 e. The molecule has 0 unspecified atom stereocenters. The molecule has 0 aliphatic carbocycles. The van der Waals surface area contributed by atoms with Crippen LogP contribution in [0.25, 0.3) is 37.2 Å². The third kappa shape index (κ3) is 3.67. The van der Waals surface area contributed by atoms with Gasteiger partial charge in [-0.15, -0.1) is 47.2 Å². The fraction of sp³-hybridized carbons (Fsp3) is 0.222. The predicted octanol–water partition coefficient (Wildman–Crippen LogP) is 7.95. The Kier molecular flexibility index (Phi) is 6.16. The molecule has 159 valence electrons. The van der Waals surface area contributed by atoms with Gasteiger partial charge < -0.3 is 4.57 Å². The minimum absolute atomic E-state index is 0. The maximum atomic E-state index is 4.73. The van der Waals surface area contributed by atoms with Crippen molar-refractivity contribution in [2.45, 2.75) is 39.5 Å². The molecule has 0 amide bonds. The molecule has 0 bridgehead atoms. The van der Waals surface area contributed by atoms with Crippen molar-refractivity contribution in [3.8, 4) is 17.1 Å². The molecule has 2 heterocycles. The largest absolute Gasteiger partial charge is 0.339 e. The van der Waals surface area contributed by atoms with Crippen LogP contribution in [0, 0.1) is 6.07 Å². The van der Waals surface area contributed by atoms with Gasteiger partial charge >= 0.3 is 0 Å². The minimum atomic E-state index is 0. The summed E-state index contributed by atoms with van der Waals surface area (Å²) in [7, 11) is 0. The van der Waals surface area contributed by atoms with Crippen molar-refractivity contribution in [1.82, 2.24) is 9.55 Å². The van der Waals surface area contributed by atoms with E-state index in [-0.39, 0.29) is 20.1 Å². The van der Waals surface area contributed by atoms with Crippen LogP contribution in [-0.4, -0.2) is 9.55 Å². The Morgan fingerprint density at radius 3 is 2.39 bits per heavy atom. The number of hydrogen-bond donors (Lipinski definition) is 0. The topological polar surface area (TPSA) is 17.8 Å². The number of hydrogen-bond acceptors (Lipinski definition) is 2. The standard InChI is InChI=1S/C27H25N2S.Ir/c1-17(2)21-16-22(18(3)4)26-24(20-12-8-9-13-23(20)30-26)25(21)29-15-14-28-27(29)19-10-6-5-7-11-19;/h5-10,12-18H,1-4H3;/q-1;. The molecule has 3 aromatic carbocycles. The summed E-state index contributed by atoms with van der Waals surface area (Å²) in [5.41, 5.74) is 5.07. The number of imidazole rings is 1. The van der Waals surface area contributed by atoms with Crippen molar-refractivity contribution in [3.05, 3.63) is 84.2 Å². The van der Waals surface area contributed by atoms with Crippen LogP contribution >= 0.6 is 11.3 Å². The summed E-state index contributed by atoms with van der Waals surface area (Å²) in [6, 6.07) is 22.7. The maximum Gasteiger partial charge on any atom is 0.0602 e. The van der Waals surface area contributed by atoms with E-state index in [0.29, 0.717) is 11.8 Å². The quantitative estimate of drug-likeness (QED) is 0.191. The summed E-state index contributed by atoms with van der Waals surface area (Å²) in [6.07, 6.45) is 4.00. The van der Waals surface area contributed by atoms with E-state index in [4.69, 9.17) is 4.98 Å². The van der Waals surface area contributed by atoms with Crippen molar-refractivity contribution in [2.75, 3.05) is 0 Å². The van der Waals surface area contributed by atoms with Gasteiger partial charge in [0.25, 0.3) is 0 Å². The van der Waals surface area contributed by atoms with Crippen LogP contribution in [0.2, 0.25) is 0 Å². The molecule has 0 aliphatic heterocycles. The van der Waals surface area contributed by atoms with Gasteiger partial charge in [-0.05, 0) is 29.0 Å². The number of aromatic nitrogens is 2. The summed E-state index contributed by atoms with van der Waals surface area (Å²) < 4.78 is 5.00. The molecule has 0 fully saturated rings. The molecule has 31 heavy (non-hydrogen) atoms. The van der Waals surface area contributed by atoms with Crippen LogP contribution in [-0.2, 0) is 20.1 Å². The molecule has 0 N–H and O–H groups in total. The third-order valence-electron chi connectivity index (χ3n) is 5.75. The van der Waals surface area contributed by atoms with Gasteiger partial charge in [-0.1, -0.05) is 52.0 Å². The van der Waals surface area contributed by atoms with Crippen LogP contribution in [0.4, 0.5) is 0 Å². The van der Waals surface area contributed by atoms with Gasteiger partial charge in [-0.3, -0.25) is 4.98 Å². The zero-order valence-electron chi connectivity index (χ0n) is 18.1. The summed E-state index contributed by atoms with van der Waals surface area (Å²) in [5, 5.41) is 2.68. The molecule has 0 spiro atoms. The molecule has 1 radical (unpaired) electrons. The predicted molar refractivity (Wildman–Crippen MR) is 129 cm³/mol. The molecule has 0 atom stereocenters. The number of fused-ring (bicyclic) bond motifs is 3. The Labute approximate surface area is 201 Å². The van der Waals surface area contributed by atoms with Gasteiger partial charge in [0.15, 0.2) is 0 Å². The first-order valence-corrected chi connectivity index (χ1v) is 11.4. The van der Waals surface area contributed by atoms with Gasteiger partial charge in [-0.2, -0.15) is 0 Å². The second-order valence-electron chi connectivity index (χ2n) is 8.41. The number of benzene rings is 3. The van der Waals surface area contributed by atoms with E-state index in [2.05, 4.69) is 80.9 Å². The van der Waals surface area contributed by atoms with Crippen LogP contribution < -0.4 is 0 Å². The average molecular weight is 602 g/mol. The second-order valence-corrected chi connectivity index (χ2v) is 9.46. The fourth-order valence-corrected chi connectivity index (χ4v) is 5.64. The van der Waals surface area contributed by atoms with Crippen LogP contribution in [0.15, 0.2) is 67.0 Å².